The minimum absolute atomic E-state index is 0.482. The molecule has 0 unspecified atom stereocenters. The van der Waals surface area contributed by atoms with E-state index in [1.54, 1.807) is 0 Å². The summed E-state index contributed by atoms with van der Waals surface area (Å²) in [6, 6.07) is 0. The van der Waals surface area contributed by atoms with E-state index >= 15 is 0 Å². The second-order valence-corrected chi connectivity index (χ2v) is 3.16. The number of nitrogens with zero attached hydrogens (tertiary/aromatic N) is 2. The van der Waals surface area contributed by atoms with Gasteiger partial charge in [-0.3, -0.25) is 0 Å². The van der Waals surface area contributed by atoms with Crippen molar-refractivity contribution in [3.63, 3.8) is 0 Å². The average Bonchev–Trinajstić information content (AvgIpc) is 2.49. The summed E-state index contributed by atoms with van der Waals surface area (Å²) >= 11 is 0. The smallest absolute Gasteiger partial charge is 0.101 e. The third-order valence-electron chi connectivity index (χ3n) is 2.26. The molecule has 13 heavy (non-hydrogen) atoms. The molecule has 0 fully saturated rings. The summed E-state index contributed by atoms with van der Waals surface area (Å²) in [6.07, 6.45) is 9.72. The van der Waals surface area contributed by atoms with Gasteiger partial charge in [-0.1, -0.05) is 19.1 Å². The van der Waals surface area contributed by atoms with Crippen molar-refractivity contribution in [2.24, 2.45) is 0 Å². The molecule has 0 amide bonds. The van der Waals surface area contributed by atoms with E-state index in [1.165, 1.54) is 0 Å². The van der Waals surface area contributed by atoms with Crippen molar-refractivity contribution in [2.75, 3.05) is 13.1 Å². The van der Waals surface area contributed by atoms with Gasteiger partial charge in [0.25, 0.3) is 0 Å². The molecule has 0 aromatic heterocycles. The van der Waals surface area contributed by atoms with Gasteiger partial charge in [0.1, 0.15) is 6.17 Å². The normalized spacial score (nSPS) is 16.7. The van der Waals surface area contributed by atoms with E-state index in [-0.39, 0.29) is 0 Å². The number of hydrogen-bond donors (Lipinski definition) is 0. The van der Waals surface area contributed by atoms with Gasteiger partial charge >= 0.3 is 0 Å². The van der Waals surface area contributed by atoms with Crippen LogP contribution in [0.25, 0.3) is 0 Å². The fourth-order valence-electron chi connectivity index (χ4n) is 1.69. The average molecular weight is 178 g/mol. The molecule has 2 nitrogen and oxygen atoms in total. The second-order valence-electron chi connectivity index (χ2n) is 3.16. The third kappa shape index (κ3) is 2.14. The molecular weight excluding hydrogens is 160 g/mol. The predicted octanol–water partition coefficient (Wildman–Crippen LogP) is 2.18. The van der Waals surface area contributed by atoms with Crippen LogP contribution in [0.4, 0.5) is 0 Å². The van der Waals surface area contributed by atoms with Crippen molar-refractivity contribution < 1.29 is 0 Å². The Morgan fingerprint density at radius 2 is 1.62 bits per heavy atom. The zero-order valence-electron chi connectivity index (χ0n) is 8.32. The standard InChI is InChI=1S/C11H18N2/c1-4-7-12-9-10-13(8-5-2)11(12)6-3/h4-5,9-11H,1-2,6-8H2,3H3. The second kappa shape index (κ2) is 4.75. The van der Waals surface area contributed by atoms with Gasteiger partial charge < -0.3 is 9.80 Å². The van der Waals surface area contributed by atoms with E-state index in [1.807, 2.05) is 12.2 Å². The molecule has 72 valence electrons. The van der Waals surface area contributed by atoms with Gasteiger partial charge in [-0.25, -0.2) is 0 Å². The van der Waals surface area contributed by atoms with E-state index in [0.29, 0.717) is 6.17 Å². The van der Waals surface area contributed by atoms with E-state index in [4.69, 9.17) is 0 Å². The monoisotopic (exact) mass is 178 g/mol. The molecule has 1 aliphatic rings. The fraction of sp³-hybridized carbons (Fsp3) is 0.455. The maximum absolute atomic E-state index is 3.75. The lowest BCUT2D eigenvalue weighted by atomic mass is 10.3. The molecule has 0 aliphatic carbocycles. The number of hydrogen-bond acceptors (Lipinski definition) is 2. The van der Waals surface area contributed by atoms with E-state index < -0.39 is 0 Å². The lowest BCUT2D eigenvalue weighted by Crippen LogP contribution is -2.38. The maximum atomic E-state index is 3.75. The largest absolute Gasteiger partial charge is 0.352 e. The summed E-state index contributed by atoms with van der Waals surface area (Å²) in [5, 5.41) is 0. The Labute approximate surface area is 80.8 Å². The summed E-state index contributed by atoms with van der Waals surface area (Å²) in [4.78, 5) is 4.58. The lowest BCUT2D eigenvalue weighted by Gasteiger charge is -2.30. The molecule has 0 saturated heterocycles. The van der Waals surface area contributed by atoms with Gasteiger partial charge in [0.2, 0.25) is 0 Å². The molecule has 1 rings (SSSR count). The first kappa shape index (κ1) is 9.90. The Morgan fingerprint density at radius 1 is 1.15 bits per heavy atom. The molecule has 0 atom stereocenters. The van der Waals surface area contributed by atoms with Crippen LogP contribution in [0, 0.1) is 0 Å². The first-order chi connectivity index (χ1) is 6.33. The van der Waals surface area contributed by atoms with Crippen molar-refractivity contribution in [3.8, 4) is 0 Å². The minimum atomic E-state index is 0.482. The number of rotatable bonds is 5. The van der Waals surface area contributed by atoms with Crippen molar-refractivity contribution in [1.29, 1.82) is 0 Å². The van der Waals surface area contributed by atoms with Crippen LogP contribution >= 0.6 is 0 Å². The molecular formula is C11H18N2. The molecule has 0 radical (unpaired) electrons. The van der Waals surface area contributed by atoms with Crippen molar-refractivity contribution in [2.45, 2.75) is 19.5 Å². The fourth-order valence-corrected chi connectivity index (χ4v) is 1.69. The Morgan fingerprint density at radius 3 is 1.92 bits per heavy atom. The Balaban J connectivity index is 2.56. The van der Waals surface area contributed by atoms with Crippen LogP contribution in [0.2, 0.25) is 0 Å². The zero-order chi connectivity index (χ0) is 9.68. The highest BCUT2D eigenvalue weighted by atomic mass is 15.4. The molecule has 0 bridgehead atoms. The van der Waals surface area contributed by atoms with Crippen molar-refractivity contribution in [1.82, 2.24) is 9.80 Å². The van der Waals surface area contributed by atoms with E-state index in [0.717, 1.165) is 19.5 Å². The highest BCUT2D eigenvalue weighted by molar-refractivity contribution is 5.00. The summed E-state index contributed by atoms with van der Waals surface area (Å²) in [6.45, 7) is 11.5. The summed E-state index contributed by atoms with van der Waals surface area (Å²) in [5.41, 5.74) is 0. The highest BCUT2D eigenvalue weighted by Crippen LogP contribution is 2.17. The highest BCUT2D eigenvalue weighted by Gasteiger charge is 2.21. The molecule has 0 N–H and O–H groups in total. The summed E-state index contributed by atoms with van der Waals surface area (Å²) in [7, 11) is 0. The van der Waals surface area contributed by atoms with Crippen LogP contribution in [-0.2, 0) is 0 Å². The first-order valence-corrected chi connectivity index (χ1v) is 4.75. The van der Waals surface area contributed by atoms with Crippen molar-refractivity contribution in [3.05, 3.63) is 37.7 Å². The van der Waals surface area contributed by atoms with Gasteiger partial charge in [-0.2, -0.15) is 0 Å². The predicted molar refractivity (Wildman–Crippen MR) is 57.0 cm³/mol. The first-order valence-electron chi connectivity index (χ1n) is 4.75. The van der Waals surface area contributed by atoms with Crippen LogP contribution in [0.15, 0.2) is 37.7 Å². The van der Waals surface area contributed by atoms with Gasteiger partial charge in [0, 0.05) is 25.5 Å². The van der Waals surface area contributed by atoms with Crippen LogP contribution in [0.5, 0.6) is 0 Å². The Kier molecular flexibility index (Phi) is 3.62. The van der Waals surface area contributed by atoms with Gasteiger partial charge in [-0.05, 0) is 6.42 Å². The van der Waals surface area contributed by atoms with Crippen LogP contribution in [0.3, 0.4) is 0 Å². The quantitative estimate of drug-likeness (QED) is 0.595. The van der Waals surface area contributed by atoms with E-state index in [2.05, 4.69) is 42.3 Å². The van der Waals surface area contributed by atoms with E-state index in [9.17, 15) is 0 Å². The molecule has 1 heterocycles. The minimum Gasteiger partial charge on any atom is -0.352 e. The van der Waals surface area contributed by atoms with Crippen LogP contribution in [-0.4, -0.2) is 29.1 Å². The molecule has 1 aliphatic heterocycles. The Hall–Kier alpha value is -1.18. The zero-order valence-corrected chi connectivity index (χ0v) is 8.32. The van der Waals surface area contributed by atoms with Gasteiger partial charge in [-0.15, -0.1) is 13.2 Å². The third-order valence-corrected chi connectivity index (χ3v) is 2.26. The van der Waals surface area contributed by atoms with Gasteiger partial charge in [0.05, 0.1) is 0 Å². The molecule has 0 spiro atoms. The topological polar surface area (TPSA) is 6.48 Å². The van der Waals surface area contributed by atoms with Crippen LogP contribution in [0.1, 0.15) is 13.3 Å². The lowest BCUT2D eigenvalue weighted by molar-refractivity contribution is 0.171. The summed E-state index contributed by atoms with van der Waals surface area (Å²) in [5.74, 6) is 0. The molecule has 0 aromatic carbocycles. The van der Waals surface area contributed by atoms with Crippen molar-refractivity contribution >= 4 is 0 Å². The van der Waals surface area contributed by atoms with Crippen LogP contribution < -0.4 is 0 Å². The molecule has 0 saturated carbocycles. The molecule has 0 aromatic rings. The Bertz CT molecular complexity index is 188. The summed E-state index contributed by atoms with van der Waals surface area (Å²) < 4.78 is 0. The maximum Gasteiger partial charge on any atom is 0.101 e. The molecule has 2 heteroatoms. The SMILES string of the molecule is C=CCN1C=CN(CC=C)C1CC. The van der Waals surface area contributed by atoms with Gasteiger partial charge in [0.15, 0.2) is 0 Å².